The molecule has 0 fully saturated rings. The highest BCUT2D eigenvalue weighted by atomic mass is 35.5. The minimum absolute atomic E-state index is 0.548. The van der Waals surface area contributed by atoms with Crippen molar-refractivity contribution in [2.75, 3.05) is 0 Å². The molecule has 0 bridgehead atoms. The first-order valence-electron chi connectivity index (χ1n) is 4.21. The first-order valence-corrected chi connectivity index (χ1v) is 5.47. The number of nitrogens with zero attached hydrogens (tertiary/aromatic N) is 1. The first-order chi connectivity index (χ1) is 6.18. The molecule has 0 unspecified atom stereocenters. The Labute approximate surface area is 86.4 Å². The van der Waals surface area contributed by atoms with E-state index >= 15 is 0 Å². The van der Waals surface area contributed by atoms with Crippen LogP contribution in [0.2, 0.25) is 5.15 Å². The summed E-state index contributed by atoms with van der Waals surface area (Å²) in [5, 5.41) is 4.01. The van der Waals surface area contributed by atoms with Crippen molar-refractivity contribution in [3.63, 3.8) is 0 Å². The molecule has 13 heavy (non-hydrogen) atoms. The van der Waals surface area contributed by atoms with Crippen molar-refractivity contribution in [3.8, 4) is 0 Å². The van der Waals surface area contributed by atoms with E-state index < -0.39 is 0 Å². The number of hydrogen-bond acceptors (Lipinski definition) is 2. The van der Waals surface area contributed by atoms with E-state index in [2.05, 4.69) is 24.2 Å². The normalized spacial score (nSPS) is 11.4. The van der Waals surface area contributed by atoms with E-state index in [0.717, 1.165) is 0 Å². The predicted octanol–water partition coefficient (Wildman–Crippen LogP) is 4.07. The molecule has 0 atom stereocenters. The Morgan fingerprint density at radius 2 is 2.23 bits per heavy atom. The Kier molecular flexibility index (Phi) is 2.26. The van der Waals surface area contributed by atoms with Crippen molar-refractivity contribution < 1.29 is 0 Å². The van der Waals surface area contributed by atoms with Crippen molar-refractivity contribution in [1.82, 2.24) is 4.98 Å². The molecule has 0 N–H and O–H groups in total. The lowest BCUT2D eigenvalue weighted by molar-refractivity contribution is 0.880. The van der Waals surface area contributed by atoms with Gasteiger partial charge in [-0.3, -0.25) is 0 Å². The van der Waals surface area contributed by atoms with Gasteiger partial charge in [0.25, 0.3) is 0 Å². The molecule has 68 valence electrons. The molecule has 1 nitrogen and oxygen atoms in total. The summed E-state index contributed by atoms with van der Waals surface area (Å²) in [6.45, 7) is 4.38. The van der Waals surface area contributed by atoms with E-state index in [-0.39, 0.29) is 0 Å². The molecular formula is C10H10ClNS. The number of fused-ring (bicyclic) bond motifs is 1. The number of aromatic nitrogens is 1. The van der Waals surface area contributed by atoms with E-state index in [1.165, 1.54) is 15.6 Å². The van der Waals surface area contributed by atoms with Gasteiger partial charge in [-0.25, -0.2) is 4.98 Å². The molecule has 0 radical (unpaired) electrons. The maximum atomic E-state index is 5.85. The second-order valence-corrected chi connectivity index (χ2v) is 4.65. The van der Waals surface area contributed by atoms with Gasteiger partial charge >= 0.3 is 0 Å². The molecule has 2 rings (SSSR count). The second-order valence-electron chi connectivity index (χ2n) is 3.35. The molecule has 0 aliphatic carbocycles. The predicted molar refractivity (Wildman–Crippen MR) is 58.7 cm³/mol. The van der Waals surface area contributed by atoms with Crippen LogP contribution in [0.3, 0.4) is 0 Å². The van der Waals surface area contributed by atoms with Crippen molar-refractivity contribution in [1.29, 1.82) is 0 Å². The molecule has 3 heteroatoms. The quantitative estimate of drug-likeness (QED) is 0.648. The van der Waals surface area contributed by atoms with Gasteiger partial charge in [-0.1, -0.05) is 25.4 Å². The van der Waals surface area contributed by atoms with E-state index in [4.69, 9.17) is 11.6 Å². The number of rotatable bonds is 1. The van der Waals surface area contributed by atoms with Crippen molar-refractivity contribution >= 4 is 33.0 Å². The maximum Gasteiger partial charge on any atom is 0.129 e. The van der Waals surface area contributed by atoms with Crippen LogP contribution in [0.1, 0.15) is 25.3 Å². The Morgan fingerprint density at radius 1 is 1.46 bits per heavy atom. The second kappa shape index (κ2) is 3.28. The Balaban J connectivity index is 2.71. The third kappa shape index (κ3) is 1.56. The third-order valence-corrected chi connectivity index (χ3v) is 3.24. The van der Waals surface area contributed by atoms with Crippen molar-refractivity contribution in [3.05, 3.63) is 28.4 Å². The molecule has 0 aliphatic rings. The van der Waals surface area contributed by atoms with Crippen LogP contribution in [0, 0.1) is 0 Å². The average molecular weight is 212 g/mol. The van der Waals surface area contributed by atoms with E-state index in [1.54, 1.807) is 11.3 Å². The molecular weight excluding hydrogens is 202 g/mol. The molecule has 0 aromatic carbocycles. The summed E-state index contributed by atoms with van der Waals surface area (Å²) < 4.78 is 1.22. The SMILES string of the molecule is CC(C)c1csc2cnc(Cl)cc12. The minimum Gasteiger partial charge on any atom is -0.243 e. The van der Waals surface area contributed by atoms with Crippen molar-refractivity contribution in [2.45, 2.75) is 19.8 Å². The maximum absolute atomic E-state index is 5.85. The lowest BCUT2D eigenvalue weighted by Crippen LogP contribution is -1.84. The standard InChI is InChI=1S/C10H10ClNS/c1-6(2)8-5-13-9-4-12-10(11)3-7(8)9/h3-6H,1-2H3. The van der Waals surface area contributed by atoms with Crippen LogP contribution >= 0.6 is 22.9 Å². The smallest absolute Gasteiger partial charge is 0.129 e. The molecule has 0 amide bonds. The van der Waals surface area contributed by atoms with E-state index in [1.807, 2.05) is 12.3 Å². The zero-order valence-electron chi connectivity index (χ0n) is 7.54. The highest BCUT2D eigenvalue weighted by Gasteiger charge is 2.07. The summed E-state index contributed by atoms with van der Waals surface area (Å²) in [5.41, 5.74) is 1.37. The zero-order chi connectivity index (χ0) is 9.42. The van der Waals surface area contributed by atoms with Crippen LogP contribution in [0.5, 0.6) is 0 Å². The van der Waals surface area contributed by atoms with Crippen LogP contribution < -0.4 is 0 Å². The molecule has 2 aromatic heterocycles. The largest absolute Gasteiger partial charge is 0.243 e. The molecule has 0 saturated heterocycles. The molecule has 2 aromatic rings. The van der Waals surface area contributed by atoms with Crippen LogP contribution in [0.25, 0.3) is 10.1 Å². The van der Waals surface area contributed by atoms with Gasteiger partial charge in [-0.2, -0.15) is 0 Å². The van der Waals surface area contributed by atoms with Gasteiger partial charge in [0.15, 0.2) is 0 Å². The third-order valence-electron chi connectivity index (χ3n) is 2.08. The molecule has 0 spiro atoms. The Bertz CT molecular complexity index is 433. The zero-order valence-corrected chi connectivity index (χ0v) is 9.12. The minimum atomic E-state index is 0.548. The van der Waals surface area contributed by atoms with Gasteiger partial charge in [0, 0.05) is 11.6 Å². The summed E-state index contributed by atoms with van der Waals surface area (Å²) in [5.74, 6) is 0.548. The number of halogens is 1. The number of pyridine rings is 1. The summed E-state index contributed by atoms with van der Waals surface area (Å²) in [4.78, 5) is 4.06. The Hall–Kier alpha value is -0.600. The fourth-order valence-corrected chi connectivity index (χ4v) is 2.60. The van der Waals surface area contributed by atoms with Gasteiger partial charge < -0.3 is 0 Å². The Morgan fingerprint density at radius 3 is 2.92 bits per heavy atom. The van der Waals surface area contributed by atoms with E-state index in [9.17, 15) is 0 Å². The van der Waals surface area contributed by atoms with Crippen LogP contribution in [-0.2, 0) is 0 Å². The van der Waals surface area contributed by atoms with Crippen LogP contribution in [0.15, 0.2) is 17.6 Å². The van der Waals surface area contributed by atoms with Gasteiger partial charge in [0.1, 0.15) is 5.15 Å². The topological polar surface area (TPSA) is 12.9 Å². The molecule has 2 heterocycles. The molecule has 0 aliphatic heterocycles. The van der Waals surface area contributed by atoms with Gasteiger partial charge in [-0.15, -0.1) is 11.3 Å². The highest BCUT2D eigenvalue weighted by molar-refractivity contribution is 7.17. The summed E-state index contributed by atoms with van der Waals surface area (Å²) in [6.07, 6.45) is 1.84. The van der Waals surface area contributed by atoms with Crippen molar-refractivity contribution in [2.24, 2.45) is 0 Å². The monoisotopic (exact) mass is 211 g/mol. The number of thiophene rings is 1. The first kappa shape index (κ1) is 8.97. The van der Waals surface area contributed by atoms with Gasteiger partial charge in [-0.05, 0) is 22.9 Å². The fourth-order valence-electron chi connectivity index (χ4n) is 1.37. The summed E-state index contributed by atoms with van der Waals surface area (Å²) >= 11 is 7.58. The van der Waals surface area contributed by atoms with Gasteiger partial charge in [0.05, 0.1) is 4.70 Å². The van der Waals surface area contributed by atoms with E-state index in [0.29, 0.717) is 11.1 Å². The average Bonchev–Trinajstić information content (AvgIpc) is 2.46. The van der Waals surface area contributed by atoms with Gasteiger partial charge in [0.2, 0.25) is 0 Å². The highest BCUT2D eigenvalue weighted by Crippen LogP contribution is 2.31. The molecule has 0 saturated carbocycles. The van der Waals surface area contributed by atoms with Crippen LogP contribution in [-0.4, -0.2) is 4.98 Å². The fraction of sp³-hybridized carbons (Fsp3) is 0.300. The lowest BCUT2D eigenvalue weighted by atomic mass is 10.0. The summed E-state index contributed by atoms with van der Waals surface area (Å²) in [6, 6.07) is 1.95. The number of hydrogen-bond donors (Lipinski definition) is 0. The summed E-state index contributed by atoms with van der Waals surface area (Å²) in [7, 11) is 0. The lowest BCUT2D eigenvalue weighted by Gasteiger charge is -2.01. The van der Waals surface area contributed by atoms with Crippen LogP contribution in [0.4, 0.5) is 0 Å².